The summed E-state index contributed by atoms with van der Waals surface area (Å²) >= 11 is 0. The van der Waals surface area contributed by atoms with Crippen LogP contribution in [-0.2, 0) is 17.8 Å². The van der Waals surface area contributed by atoms with E-state index in [0.29, 0.717) is 23.6 Å². The average molecular weight is 343 g/mol. The molecule has 2 aliphatic rings. The van der Waals surface area contributed by atoms with Gasteiger partial charge in [-0.25, -0.2) is 9.37 Å². The summed E-state index contributed by atoms with van der Waals surface area (Å²) in [6.07, 6.45) is 3.26. The van der Waals surface area contributed by atoms with E-state index in [4.69, 9.17) is 5.11 Å². The number of hydrogen-bond donors (Lipinski definition) is 2. The molecule has 6 nitrogen and oxygen atoms in total. The molecule has 7 heteroatoms. The summed E-state index contributed by atoms with van der Waals surface area (Å²) in [6.45, 7) is -0.381. The zero-order chi connectivity index (χ0) is 17.6. The van der Waals surface area contributed by atoms with Gasteiger partial charge >= 0.3 is 5.97 Å². The number of hydrogen-bond acceptors (Lipinski definition) is 4. The Morgan fingerprint density at radius 1 is 1.28 bits per heavy atom. The Balaban J connectivity index is 1.72. The van der Waals surface area contributed by atoms with Crippen molar-refractivity contribution < 1.29 is 14.3 Å². The molecule has 1 unspecified atom stereocenters. The minimum Gasteiger partial charge on any atom is -0.480 e. The number of rotatable bonds is 4. The highest BCUT2D eigenvalue weighted by molar-refractivity contribution is 5.67. The molecule has 1 aliphatic heterocycles. The van der Waals surface area contributed by atoms with E-state index < -0.39 is 5.97 Å². The van der Waals surface area contributed by atoms with E-state index in [9.17, 15) is 14.0 Å². The fraction of sp³-hybridized carbons (Fsp3) is 0.389. The van der Waals surface area contributed by atoms with E-state index in [2.05, 4.69) is 10.3 Å². The van der Waals surface area contributed by atoms with Gasteiger partial charge in [-0.2, -0.15) is 0 Å². The number of carbonyl (C=O) groups is 1. The predicted molar refractivity (Wildman–Crippen MR) is 89.2 cm³/mol. The fourth-order valence-corrected chi connectivity index (χ4v) is 3.36. The number of halogens is 1. The van der Waals surface area contributed by atoms with Gasteiger partial charge in [0.2, 0.25) is 0 Å². The lowest BCUT2D eigenvalue weighted by molar-refractivity contribution is -0.137. The fourth-order valence-electron chi connectivity index (χ4n) is 3.36. The van der Waals surface area contributed by atoms with Crippen molar-refractivity contribution in [3.05, 3.63) is 57.5 Å². The van der Waals surface area contributed by atoms with Crippen LogP contribution in [0.2, 0.25) is 0 Å². The first-order valence-corrected chi connectivity index (χ1v) is 8.40. The lowest BCUT2D eigenvalue weighted by atomic mass is 9.96. The maximum absolute atomic E-state index is 13.1. The molecule has 0 amide bonds. The van der Waals surface area contributed by atoms with Gasteiger partial charge < -0.3 is 10.4 Å². The van der Waals surface area contributed by atoms with Gasteiger partial charge in [-0.15, -0.1) is 0 Å². The van der Waals surface area contributed by atoms with Gasteiger partial charge in [-0.05, 0) is 43.4 Å². The van der Waals surface area contributed by atoms with Crippen LogP contribution in [0.4, 0.5) is 10.1 Å². The van der Waals surface area contributed by atoms with Crippen molar-refractivity contribution in [1.29, 1.82) is 0 Å². The third-order valence-electron chi connectivity index (χ3n) is 4.77. The highest BCUT2D eigenvalue weighted by atomic mass is 19.1. The maximum Gasteiger partial charge on any atom is 0.323 e. The lowest BCUT2D eigenvalue weighted by Crippen LogP contribution is -2.34. The van der Waals surface area contributed by atoms with Crippen molar-refractivity contribution in [2.75, 3.05) is 5.32 Å². The Hall–Kier alpha value is -2.70. The number of carboxylic acids is 1. The third kappa shape index (κ3) is 3.01. The van der Waals surface area contributed by atoms with Crippen molar-refractivity contribution in [2.45, 2.75) is 44.2 Å². The molecule has 1 saturated carbocycles. The molecule has 0 bridgehead atoms. The van der Waals surface area contributed by atoms with Crippen molar-refractivity contribution in [3.8, 4) is 0 Å². The molecule has 0 saturated heterocycles. The van der Waals surface area contributed by atoms with E-state index in [1.807, 2.05) is 0 Å². The molecule has 25 heavy (non-hydrogen) atoms. The summed E-state index contributed by atoms with van der Waals surface area (Å²) in [7, 11) is 0. The Kier molecular flexibility index (Phi) is 3.78. The molecule has 1 atom stereocenters. The summed E-state index contributed by atoms with van der Waals surface area (Å²) in [4.78, 5) is 28.6. The normalized spacial score (nSPS) is 19.2. The topological polar surface area (TPSA) is 84.2 Å². The summed E-state index contributed by atoms with van der Waals surface area (Å²) < 4.78 is 14.4. The van der Waals surface area contributed by atoms with Crippen LogP contribution in [-0.4, -0.2) is 20.6 Å². The summed E-state index contributed by atoms with van der Waals surface area (Å²) in [6, 6.07) is 6.06. The third-order valence-corrected chi connectivity index (χ3v) is 4.77. The highest BCUT2D eigenvalue weighted by Gasteiger charge is 2.32. The van der Waals surface area contributed by atoms with Gasteiger partial charge in [0.05, 0.1) is 11.7 Å². The number of carboxylic acid groups (broad SMARTS) is 1. The first-order chi connectivity index (χ1) is 12.0. The smallest absolute Gasteiger partial charge is 0.323 e. The number of benzene rings is 1. The summed E-state index contributed by atoms with van der Waals surface area (Å²) in [5, 5.41) is 12.3. The van der Waals surface area contributed by atoms with Gasteiger partial charge in [0.15, 0.2) is 0 Å². The molecule has 4 rings (SSSR count). The lowest BCUT2D eigenvalue weighted by Gasteiger charge is -2.27. The van der Waals surface area contributed by atoms with Gasteiger partial charge in [0.1, 0.15) is 23.9 Å². The molecule has 0 spiro atoms. The number of fused-ring (bicyclic) bond motifs is 1. The zero-order valence-electron chi connectivity index (χ0n) is 13.5. The van der Waals surface area contributed by atoms with Crippen LogP contribution in [0, 0.1) is 5.82 Å². The largest absolute Gasteiger partial charge is 0.480 e. The highest BCUT2D eigenvalue weighted by Crippen LogP contribution is 2.40. The van der Waals surface area contributed by atoms with Crippen molar-refractivity contribution in [3.63, 3.8) is 0 Å². The van der Waals surface area contributed by atoms with Gasteiger partial charge in [-0.1, -0.05) is 12.1 Å². The molecule has 1 fully saturated rings. The number of aryl methyl sites for hydroxylation is 1. The number of nitrogens with one attached hydrogen (secondary N) is 1. The number of anilines is 1. The van der Waals surface area contributed by atoms with Crippen molar-refractivity contribution >= 4 is 11.7 Å². The second-order valence-electron chi connectivity index (χ2n) is 6.64. The van der Waals surface area contributed by atoms with Gasteiger partial charge in [0, 0.05) is 5.92 Å². The van der Waals surface area contributed by atoms with E-state index in [1.165, 1.54) is 16.7 Å². The summed E-state index contributed by atoms with van der Waals surface area (Å²) in [5.41, 5.74) is 1.63. The predicted octanol–water partition coefficient (Wildman–Crippen LogP) is 2.44. The Morgan fingerprint density at radius 3 is 2.64 bits per heavy atom. The van der Waals surface area contributed by atoms with Crippen LogP contribution >= 0.6 is 0 Å². The number of aromatic nitrogens is 2. The summed E-state index contributed by atoms with van der Waals surface area (Å²) in [5.74, 6) is -0.587. The number of aliphatic carboxylic acids is 1. The molecule has 0 radical (unpaired) electrons. The molecule has 130 valence electrons. The second-order valence-corrected chi connectivity index (χ2v) is 6.64. The van der Waals surface area contributed by atoms with Crippen molar-refractivity contribution in [2.24, 2.45) is 0 Å². The quantitative estimate of drug-likeness (QED) is 0.891. The first-order valence-electron chi connectivity index (χ1n) is 8.40. The minimum absolute atomic E-state index is 0.118. The standard InChI is InChI=1S/C18H18FN3O3/c19-12-5-3-10(4-6-12)13-7-8-14-16(20-13)18(25)22(9-15(23)24)17(21-14)11-1-2-11/h3-6,11,13,20H,1-2,7-9H2,(H,23,24). The molecule has 2 aromatic rings. The van der Waals surface area contributed by atoms with Crippen LogP contribution in [0.5, 0.6) is 0 Å². The molecular weight excluding hydrogens is 325 g/mol. The molecule has 2 heterocycles. The van der Waals surface area contributed by atoms with Crippen LogP contribution in [0.25, 0.3) is 0 Å². The zero-order valence-corrected chi connectivity index (χ0v) is 13.5. The number of nitrogens with zero attached hydrogens (tertiary/aromatic N) is 2. The monoisotopic (exact) mass is 343 g/mol. The van der Waals surface area contributed by atoms with Crippen LogP contribution in [0.3, 0.4) is 0 Å². The van der Waals surface area contributed by atoms with Crippen LogP contribution < -0.4 is 10.9 Å². The second kappa shape index (κ2) is 5.98. The maximum atomic E-state index is 13.1. The van der Waals surface area contributed by atoms with Crippen molar-refractivity contribution in [1.82, 2.24) is 9.55 Å². The van der Waals surface area contributed by atoms with E-state index >= 15 is 0 Å². The Morgan fingerprint density at radius 2 is 2.00 bits per heavy atom. The van der Waals surface area contributed by atoms with Gasteiger partial charge in [-0.3, -0.25) is 14.2 Å². The molecular formula is C18H18FN3O3. The first kappa shape index (κ1) is 15.8. The van der Waals surface area contributed by atoms with Crippen LogP contribution in [0.15, 0.2) is 29.1 Å². The van der Waals surface area contributed by atoms with Gasteiger partial charge in [0.25, 0.3) is 5.56 Å². The SMILES string of the molecule is O=C(O)Cn1c(C2CC2)nc2c(c1=O)NC(c1ccc(F)cc1)CC2. The van der Waals surface area contributed by atoms with Crippen LogP contribution in [0.1, 0.15) is 48.3 Å². The van der Waals surface area contributed by atoms with E-state index in [1.54, 1.807) is 12.1 Å². The Bertz CT molecular complexity index is 888. The molecule has 1 aliphatic carbocycles. The average Bonchev–Trinajstić information content (AvgIpc) is 3.42. The van der Waals surface area contributed by atoms with E-state index in [-0.39, 0.29) is 29.9 Å². The van der Waals surface area contributed by atoms with E-state index in [0.717, 1.165) is 24.8 Å². The molecule has 1 aromatic carbocycles. The molecule has 2 N–H and O–H groups in total. The Labute approximate surface area is 143 Å². The minimum atomic E-state index is -1.06. The molecule has 1 aromatic heterocycles.